The number of hydrogen-bond donors (Lipinski definition) is 0. The lowest BCUT2D eigenvalue weighted by Crippen LogP contribution is -2.55. The number of fused-ring (bicyclic) bond motifs is 4. The van der Waals surface area contributed by atoms with Gasteiger partial charge in [0.15, 0.2) is 0 Å². The highest BCUT2D eigenvalue weighted by Gasteiger charge is 2.57. The van der Waals surface area contributed by atoms with Crippen LogP contribution in [-0.2, 0) is 4.79 Å². The smallest absolute Gasteiger partial charge is 0.142 e. The van der Waals surface area contributed by atoms with Gasteiger partial charge in [0.05, 0.1) is 0 Å². The van der Waals surface area contributed by atoms with Crippen LogP contribution in [0, 0.1) is 0 Å². The van der Waals surface area contributed by atoms with Gasteiger partial charge in [0.2, 0.25) is 0 Å². The molecule has 2 aliphatic heterocycles. The molecule has 2 heterocycles. The van der Waals surface area contributed by atoms with Gasteiger partial charge in [0, 0.05) is 21.0 Å². The van der Waals surface area contributed by atoms with Crippen LogP contribution in [0.4, 0.5) is 0 Å². The van der Waals surface area contributed by atoms with E-state index in [-0.39, 0.29) is 4.58 Å². The van der Waals surface area contributed by atoms with Crippen molar-refractivity contribution >= 4 is 53.3 Å². The van der Waals surface area contributed by atoms with Gasteiger partial charge >= 0.3 is 0 Å². The largest absolute Gasteiger partial charge is 0.301 e. The zero-order chi connectivity index (χ0) is 8.84. The van der Waals surface area contributed by atoms with Gasteiger partial charge in [-0.2, -0.15) is 0 Å². The van der Waals surface area contributed by atoms with Crippen LogP contribution in [0.3, 0.4) is 0 Å². The molecule has 70 valence electrons. The minimum atomic E-state index is 0.210. The first kappa shape index (κ1) is 9.07. The van der Waals surface area contributed by atoms with Gasteiger partial charge in [0.25, 0.3) is 0 Å². The average molecular weight is 248 g/mol. The molecule has 5 heteroatoms. The third-order valence-electron chi connectivity index (χ3n) is 2.52. The van der Waals surface area contributed by atoms with Crippen molar-refractivity contribution in [1.82, 2.24) is 0 Å². The summed E-state index contributed by atoms with van der Waals surface area (Å²) in [5, 5.41) is 7.38. The predicted molar refractivity (Wildman–Crippen MR) is 64.5 cm³/mol. The van der Waals surface area contributed by atoms with Gasteiger partial charge < -0.3 is 4.79 Å². The molecule has 0 N–H and O–H groups in total. The number of thioether (sulfide) groups is 4. The van der Waals surface area contributed by atoms with Gasteiger partial charge in [0.1, 0.15) is 10.9 Å². The summed E-state index contributed by atoms with van der Waals surface area (Å²) in [6, 6.07) is 0. The van der Waals surface area contributed by atoms with Crippen molar-refractivity contribution in [2.45, 2.75) is 25.6 Å². The topological polar surface area (TPSA) is 17.1 Å². The molecule has 0 amide bonds. The minimum Gasteiger partial charge on any atom is -0.301 e. The quantitative estimate of drug-likeness (QED) is 0.661. The summed E-state index contributed by atoms with van der Waals surface area (Å²) in [6.07, 6.45) is 1.10. The number of aldehydes is 1. The highest BCUT2D eigenvalue weighted by molar-refractivity contribution is 8.23. The summed E-state index contributed by atoms with van der Waals surface area (Å²) >= 11 is 7.65. The van der Waals surface area contributed by atoms with Crippen molar-refractivity contribution in [1.29, 1.82) is 0 Å². The fourth-order valence-corrected chi connectivity index (χ4v) is 9.05. The first-order valence-electron chi connectivity index (χ1n) is 4.12. The first-order chi connectivity index (χ1) is 6.40. The van der Waals surface area contributed by atoms with E-state index in [4.69, 9.17) is 0 Å². The van der Waals surface area contributed by atoms with Crippen LogP contribution in [0.15, 0.2) is 10.8 Å². The maximum absolute atomic E-state index is 10.7. The fraction of sp³-hybridized carbons (Fsp3) is 0.625. The number of rotatable bonds is 1. The van der Waals surface area contributed by atoms with Crippen LogP contribution in [0.1, 0.15) is 0 Å². The van der Waals surface area contributed by atoms with Crippen molar-refractivity contribution in [3.05, 3.63) is 10.8 Å². The summed E-state index contributed by atoms with van der Waals surface area (Å²) in [5.74, 6) is 0. The Kier molecular flexibility index (Phi) is 2.39. The second kappa shape index (κ2) is 3.43. The van der Waals surface area contributed by atoms with Crippen molar-refractivity contribution in [3.8, 4) is 0 Å². The third-order valence-corrected chi connectivity index (χ3v) is 8.99. The van der Waals surface area contributed by atoms with Crippen molar-refractivity contribution < 1.29 is 4.79 Å². The lowest BCUT2D eigenvalue weighted by Gasteiger charge is -2.46. The summed E-state index contributed by atoms with van der Waals surface area (Å²) in [7, 11) is 0. The van der Waals surface area contributed by atoms with Crippen LogP contribution in [-0.4, -0.2) is 31.9 Å². The molecule has 1 saturated heterocycles. The monoisotopic (exact) mass is 248 g/mol. The zero-order valence-electron chi connectivity index (χ0n) is 6.66. The Morgan fingerprint density at radius 1 is 0.923 bits per heavy atom. The van der Waals surface area contributed by atoms with E-state index in [0.29, 0.717) is 0 Å². The lowest BCUT2D eigenvalue weighted by atomic mass is 9.97. The van der Waals surface area contributed by atoms with Gasteiger partial charge in [-0.25, -0.2) is 0 Å². The van der Waals surface area contributed by atoms with Crippen molar-refractivity contribution in [2.75, 3.05) is 0 Å². The molecule has 4 unspecified atom stereocenters. The normalized spacial score (nSPS) is 52.2. The molecule has 1 saturated carbocycles. The van der Waals surface area contributed by atoms with E-state index in [1.165, 1.54) is 0 Å². The van der Waals surface area contributed by atoms with Crippen LogP contribution in [0.2, 0.25) is 0 Å². The molecule has 0 bridgehead atoms. The molecular weight excluding hydrogens is 240 g/mol. The highest BCUT2D eigenvalue weighted by atomic mass is 32.2. The maximum Gasteiger partial charge on any atom is 0.142 e. The Morgan fingerprint density at radius 2 is 1.46 bits per heavy atom. The Hall–Kier alpha value is 0.810. The number of hydrogen-bond acceptors (Lipinski definition) is 5. The Bertz CT molecular complexity index is 245. The molecule has 2 fully saturated rings. The van der Waals surface area contributed by atoms with E-state index in [2.05, 4.69) is 10.8 Å². The fourth-order valence-electron chi connectivity index (χ4n) is 1.87. The summed E-state index contributed by atoms with van der Waals surface area (Å²) in [4.78, 5) is 10.7. The first-order valence-corrected chi connectivity index (χ1v) is 7.89. The van der Waals surface area contributed by atoms with Gasteiger partial charge in [-0.15, -0.1) is 47.0 Å². The second-order valence-electron chi connectivity index (χ2n) is 3.18. The number of carbonyl (C=O) groups excluding carboxylic acids is 1. The molecule has 1 nitrogen and oxygen atoms in total. The SMILES string of the molecule is O=CC1SC2C3SC=CSC3C2S1. The molecule has 0 radical (unpaired) electrons. The molecule has 0 aromatic heterocycles. The van der Waals surface area contributed by atoms with Gasteiger partial charge in [-0.05, 0) is 10.8 Å². The average Bonchev–Trinajstić information content (AvgIpc) is 2.54. The predicted octanol–water partition coefficient (Wildman–Crippen LogP) is 2.43. The van der Waals surface area contributed by atoms with Crippen LogP contribution >= 0.6 is 47.0 Å². The van der Waals surface area contributed by atoms with E-state index in [1.54, 1.807) is 0 Å². The second-order valence-corrected chi connectivity index (χ2v) is 8.30. The molecular formula is C8H8OS4. The molecule has 0 aromatic rings. The molecule has 0 spiro atoms. The summed E-state index contributed by atoms with van der Waals surface area (Å²) in [5.41, 5.74) is 0. The molecule has 3 rings (SSSR count). The summed E-state index contributed by atoms with van der Waals surface area (Å²) in [6.45, 7) is 0. The zero-order valence-corrected chi connectivity index (χ0v) is 9.93. The highest BCUT2D eigenvalue weighted by Crippen LogP contribution is 2.61. The Labute approximate surface area is 94.2 Å². The van der Waals surface area contributed by atoms with E-state index in [0.717, 1.165) is 27.3 Å². The van der Waals surface area contributed by atoms with Gasteiger partial charge in [-0.3, -0.25) is 0 Å². The third kappa shape index (κ3) is 1.31. The van der Waals surface area contributed by atoms with Crippen LogP contribution in [0.25, 0.3) is 0 Å². The maximum atomic E-state index is 10.7. The van der Waals surface area contributed by atoms with E-state index in [9.17, 15) is 4.79 Å². The lowest BCUT2D eigenvalue weighted by molar-refractivity contribution is -0.106. The molecule has 3 aliphatic rings. The van der Waals surface area contributed by atoms with Gasteiger partial charge in [-0.1, -0.05) is 0 Å². The van der Waals surface area contributed by atoms with Crippen LogP contribution in [0.5, 0.6) is 0 Å². The molecule has 4 atom stereocenters. The minimum absolute atomic E-state index is 0.210. The van der Waals surface area contributed by atoms with E-state index >= 15 is 0 Å². The van der Waals surface area contributed by atoms with E-state index < -0.39 is 0 Å². The van der Waals surface area contributed by atoms with Crippen LogP contribution < -0.4 is 0 Å². The van der Waals surface area contributed by atoms with Crippen molar-refractivity contribution in [3.63, 3.8) is 0 Å². The Morgan fingerprint density at radius 3 is 1.92 bits per heavy atom. The molecule has 1 aliphatic carbocycles. The Balaban J connectivity index is 1.77. The number of carbonyl (C=O) groups is 1. The molecule has 0 aromatic carbocycles. The van der Waals surface area contributed by atoms with Crippen molar-refractivity contribution in [2.24, 2.45) is 0 Å². The standard InChI is InChI=1S/C8H8OS4/c9-3-4-12-7-5-6(8(7)13-4)11-2-1-10-5/h1-8H. The van der Waals surface area contributed by atoms with E-state index in [1.807, 2.05) is 47.0 Å². The molecule has 13 heavy (non-hydrogen) atoms. The summed E-state index contributed by atoms with van der Waals surface area (Å²) < 4.78 is 0.210.